The standard InChI is InChI=1S/C70H68N4O2/c1-43(2)38-48-13-21-52(22-14-48)65-58-32-33-59(71-58)66(53-23-15-49(16-24-53)39-44(3)4)61-36-37-63(73-61)68(55-27-19-51(20-28-55)41-46(7)8)69-57(31-12-47-10-29-56(30-11-47)70(75)76-9)42-64(74-69)67(62-35-34-60(65)72-62)54-25-17-50(18-26-54)40-45(5)6/h10-11,13-30,32-37,42-46,72-73H,38-41H2,1-9H3. The Morgan fingerprint density at radius 1 is 0.434 bits per heavy atom. The first-order valence-electron chi connectivity index (χ1n) is 27.0. The second kappa shape index (κ2) is 22.3. The molecule has 8 aromatic rings. The molecule has 5 aromatic carbocycles. The minimum atomic E-state index is -0.388. The molecule has 8 bridgehead atoms. The number of hydrogen-bond donors (Lipinski definition) is 2. The van der Waals surface area contributed by atoms with E-state index in [1.165, 1.54) is 29.4 Å². The molecular formula is C70H68N4O2. The molecule has 76 heavy (non-hydrogen) atoms. The maximum Gasteiger partial charge on any atom is 0.337 e. The van der Waals surface area contributed by atoms with Gasteiger partial charge in [-0.1, -0.05) is 164 Å². The van der Waals surface area contributed by atoms with Crippen molar-refractivity contribution in [3.05, 3.63) is 202 Å². The molecule has 5 heterocycles. The lowest BCUT2D eigenvalue weighted by Gasteiger charge is -2.10. The molecule has 0 saturated heterocycles. The quantitative estimate of drug-likeness (QED) is 0.0890. The number of rotatable bonds is 13. The highest BCUT2D eigenvalue weighted by atomic mass is 16.5. The molecule has 0 unspecified atom stereocenters. The average Bonchev–Trinajstić information content (AvgIpc) is 4.26. The van der Waals surface area contributed by atoms with E-state index in [1.54, 1.807) is 12.1 Å². The first kappa shape index (κ1) is 51.2. The van der Waals surface area contributed by atoms with Crippen molar-refractivity contribution in [1.82, 2.24) is 19.9 Å². The third-order valence-corrected chi connectivity index (χ3v) is 14.1. The molecule has 3 aromatic heterocycles. The van der Waals surface area contributed by atoms with E-state index in [4.69, 9.17) is 14.7 Å². The van der Waals surface area contributed by atoms with Gasteiger partial charge in [0, 0.05) is 49.9 Å². The van der Waals surface area contributed by atoms with E-state index in [-0.39, 0.29) is 5.97 Å². The number of fused-ring (bicyclic) bond motifs is 8. The first-order chi connectivity index (χ1) is 36.8. The summed E-state index contributed by atoms with van der Waals surface area (Å²) < 4.78 is 5.01. The van der Waals surface area contributed by atoms with Crippen LogP contribution in [-0.2, 0) is 30.4 Å². The van der Waals surface area contributed by atoms with Crippen LogP contribution >= 0.6 is 0 Å². The summed E-state index contributed by atoms with van der Waals surface area (Å²) in [7, 11) is 1.39. The number of nitrogens with one attached hydrogen (secondary N) is 2. The predicted molar refractivity (Wildman–Crippen MR) is 318 cm³/mol. The fourth-order valence-corrected chi connectivity index (χ4v) is 10.7. The predicted octanol–water partition coefficient (Wildman–Crippen LogP) is 17.3. The van der Waals surface area contributed by atoms with E-state index >= 15 is 0 Å². The lowest BCUT2D eigenvalue weighted by molar-refractivity contribution is 0.0600. The minimum Gasteiger partial charge on any atom is -0.465 e. The zero-order valence-electron chi connectivity index (χ0n) is 45.4. The van der Waals surface area contributed by atoms with Gasteiger partial charge < -0.3 is 14.7 Å². The Bertz CT molecular complexity index is 3720. The second-order valence-corrected chi connectivity index (χ2v) is 22.2. The van der Waals surface area contributed by atoms with E-state index in [0.717, 1.165) is 126 Å². The Labute approximate surface area is 449 Å². The molecule has 0 aliphatic carbocycles. The zero-order chi connectivity index (χ0) is 53.0. The van der Waals surface area contributed by atoms with Crippen LogP contribution in [0.4, 0.5) is 0 Å². The number of hydrogen-bond acceptors (Lipinski definition) is 4. The highest BCUT2D eigenvalue weighted by Crippen LogP contribution is 2.41. The molecule has 0 fully saturated rings. The molecule has 10 rings (SSSR count). The van der Waals surface area contributed by atoms with Gasteiger partial charge in [-0.05, 0) is 161 Å². The normalized spacial score (nSPS) is 12.1. The topological polar surface area (TPSA) is 83.7 Å². The van der Waals surface area contributed by atoms with E-state index in [9.17, 15) is 4.79 Å². The Kier molecular flexibility index (Phi) is 15.0. The number of aromatic amines is 2. The monoisotopic (exact) mass is 997 g/mol. The van der Waals surface area contributed by atoms with Crippen LogP contribution in [0.15, 0.2) is 146 Å². The van der Waals surface area contributed by atoms with Crippen LogP contribution in [0.2, 0.25) is 0 Å². The molecule has 6 nitrogen and oxygen atoms in total. The van der Waals surface area contributed by atoms with Crippen molar-refractivity contribution >= 4 is 51.8 Å². The molecule has 0 spiro atoms. The number of esters is 1. The van der Waals surface area contributed by atoms with Crippen LogP contribution in [0, 0.1) is 35.5 Å². The van der Waals surface area contributed by atoms with Gasteiger partial charge >= 0.3 is 5.97 Å². The lowest BCUT2D eigenvalue weighted by atomic mass is 9.96. The van der Waals surface area contributed by atoms with Crippen molar-refractivity contribution in [2.24, 2.45) is 23.7 Å². The molecule has 2 aliphatic rings. The summed E-state index contributed by atoms with van der Waals surface area (Å²) in [5, 5.41) is 0. The largest absolute Gasteiger partial charge is 0.465 e. The van der Waals surface area contributed by atoms with Gasteiger partial charge in [0.25, 0.3) is 0 Å². The Balaban J connectivity index is 1.33. The van der Waals surface area contributed by atoms with E-state index < -0.39 is 0 Å². The second-order valence-electron chi connectivity index (χ2n) is 22.2. The summed E-state index contributed by atoms with van der Waals surface area (Å²) in [5.74, 6) is 8.80. The van der Waals surface area contributed by atoms with E-state index in [0.29, 0.717) is 29.2 Å². The van der Waals surface area contributed by atoms with Gasteiger partial charge in [-0.15, -0.1) is 0 Å². The first-order valence-corrected chi connectivity index (χ1v) is 27.0. The molecule has 0 atom stereocenters. The maximum atomic E-state index is 12.4. The number of carbonyl (C=O) groups excluding carboxylic acids is 1. The summed E-state index contributed by atoms with van der Waals surface area (Å²) >= 11 is 0. The lowest BCUT2D eigenvalue weighted by Crippen LogP contribution is -2.00. The van der Waals surface area contributed by atoms with Gasteiger partial charge in [-0.2, -0.15) is 0 Å². The minimum absolute atomic E-state index is 0.388. The number of H-pyrrole nitrogens is 2. The van der Waals surface area contributed by atoms with Crippen molar-refractivity contribution in [2.45, 2.75) is 81.1 Å². The van der Waals surface area contributed by atoms with Crippen LogP contribution in [0.1, 0.15) is 116 Å². The van der Waals surface area contributed by atoms with Crippen LogP contribution in [0.5, 0.6) is 0 Å². The van der Waals surface area contributed by atoms with Crippen molar-refractivity contribution in [3.63, 3.8) is 0 Å². The number of benzene rings is 5. The Morgan fingerprint density at radius 2 is 0.789 bits per heavy atom. The molecule has 0 saturated carbocycles. The number of carbonyl (C=O) groups is 1. The van der Waals surface area contributed by atoms with Crippen molar-refractivity contribution < 1.29 is 9.53 Å². The van der Waals surface area contributed by atoms with Crippen LogP contribution in [0.3, 0.4) is 0 Å². The van der Waals surface area contributed by atoms with Gasteiger partial charge in [0.05, 0.1) is 41.0 Å². The number of methoxy groups -OCH3 is 1. The third-order valence-electron chi connectivity index (χ3n) is 14.1. The fourth-order valence-electron chi connectivity index (χ4n) is 10.7. The molecule has 6 heteroatoms. The van der Waals surface area contributed by atoms with Gasteiger partial charge in [0.1, 0.15) is 0 Å². The molecule has 380 valence electrons. The fraction of sp³-hybridized carbons (Fsp3) is 0.243. The van der Waals surface area contributed by atoms with Gasteiger partial charge in [0.15, 0.2) is 0 Å². The summed E-state index contributed by atoms with van der Waals surface area (Å²) in [6.45, 7) is 18.1. The summed E-state index contributed by atoms with van der Waals surface area (Å²) in [6, 6.07) is 52.0. The molecular weight excluding hydrogens is 929 g/mol. The van der Waals surface area contributed by atoms with Crippen molar-refractivity contribution in [1.29, 1.82) is 0 Å². The summed E-state index contributed by atoms with van der Waals surface area (Å²) in [6.07, 6.45) is 10.5. The van der Waals surface area contributed by atoms with Crippen LogP contribution < -0.4 is 0 Å². The molecule has 2 aliphatic heterocycles. The van der Waals surface area contributed by atoms with Crippen molar-refractivity contribution in [3.8, 4) is 56.3 Å². The van der Waals surface area contributed by atoms with Crippen molar-refractivity contribution in [2.75, 3.05) is 7.11 Å². The van der Waals surface area contributed by atoms with Gasteiger partial charge in [-0.25, -0.2) is 14.8 Å². The summed E-state index contributed by atoms with van der Waals surface area (Å²) in [5.41, 5.74) is 22.4. The zero-order valence-corrected chi connectivity index (χ0v) is 45.4. The number of nitrogens with zero attached hydrogens (tertiary/aromatic N) is 2. The average molecular weight is 997 g/mol. The highest BCUT2D eigenvalue weighted by molar-refractivity contribution is 6.05. The highest BCUT2D eigenvalue weighted by Gasteiger charge is 2.23. The van der Waals surface area contributed by atoms with Gasteiger partial charge in [-0.3, -0.25) is 0 Å². The number of allylic oxidation sites excluding steroid dienone is 1. The SMILES string of the molecule is COC(=O)c1ccc(C#CC2=Cc3nc2c(-c2ccc(CC(C)C)cc2)c2ccc([nH]2)c(-c2ccc(CC(C)C)cc2)c2nc(c(-c4ccc(CC(C)C)cc4)c4ccc([nH]4)c3-c3ccc(CC(C)C)cc3)C=C2)cc1. The Hall–Kier alpha value is -8.27. The van der Waals surface area contributed by atoms with Crippen LogP contribution in [0.25, 0.3) is 90.4 Å². The van der Waals surface area contributed by atoms with E-state index in [2.05, 4.69) is 217 Å². The number of ether oxygens (including phenoxy) is 1. The van der Waals surface area contributed by atoms with Crippen LogP contribution in [-0.4, -0.2) is 33.0 Å². The van der Waals surface area contributed by atoms with E-state index in [1.807, 2.05) is 12.1 Å². The smallest absolute Gasteiger partial charge is 0.337 e. The Morgan fingerprint density at radius 3 is 1.16 bits per heavy atom. The summed E-state index contributed by atoms with van der Waals surface area (Å²) in [4.78, 5) is 31.7. The number of aromatic nitrogens is 4. The molecule has 0 amide bonds. The molecule has 0 radical (unpaired) electrons. The molecule has 2 N–H and O–H groups in total. The van der Waals surface area contributed by atoms with Gasteiger partial charge in [0.2, 0.25) is 0 Å². The third kappa shape index (κ3) is 11.4. The maximum absolute atomic E-state index is 12.4.